The van der Waals surface area contributed by atoms with Gasteiger partial charge in [-0.3, -0.25) is 14.4 Å². The number of rotatable bonds is 8. The molecule has 1 heterocycles. The van der Waals surface area contributed by atoms with Gasteiger partial charge >= 0.3 is 11.9 Å². The predicted molar refractivity (Wildman–Crippen MR) is 88.6 cm³/mol. The van der Waals surface area contributed by atoms with E-state index in [0.29, 0.717) is 6.42 Å². The molecule has 1 fully saturated rings. The van der Waals surface area contributed by atoms with Gasteiger partial charge in [0.05, 0.1) is 24.7 Å². The van der Waals surface area contributed by atoms with E-state index in [1.165, 1.54) is 13.8 Å². The van der Waals surface area contributed by atoms with E-state index in [4.69, 9.17) is 19.3 Å². The number of carbonyl (C=O) groups is 3. The Morgan fingerprint density at radius 3 is 2.40 bits per heavy atom. The van der Waals surface area contributed by atoms with Gasteiger partial charge in [-0.1, -0.05) is 20.8 Å². The minimum atomic E-state index is -0.970. The van der Waals surface area contributed by atoms with Crippen LogP contribution in [0.3, 0.4) is 0 Å². The predicted octanol–water partition coefficient (Wildman–Crippen LogP) is 1.18. The SMILES string of the molecule is CCC(=O)NC1C(OC[C@H](C)C(=O)O)OC(COC(C)=O)C(C)C1C. The number of esters is 1. The first kappa shape index (κ1) is 21.4. The number of ether oxygens (including phenoxy) is 3. The van der Waals surface area contributed by atoms with E-state index in [1.807, 2.05) is 13.8 Å². The van der Waals surface area contributed by atoms with Crippen molar-refractivity contribution in [2.75, 3.05) is 13.2 Å². The first-order valence-electron chi connectivity index (χ1n) is 8.59. The summed E-state index contributed by atoms with van der Waals surface area (Å²) in [4.78, 5) is 33.9. The molecule has 25 heavy (non-hydrogen) atoms. The molecule has 8 heteroatoms. The average Bonchev–Trinajstić information content (AvgIpc) is 2.56. The molecule has 1 aliphatic heterocycles. The van der Waals surface area contributed by atoms with Crippen LogP contribution in [0, 0.1) is 17.8 Å². The third-order valence-electron chi connectivity index (χ3n) is 4.62. The molecule has 5 unspecified atom stereocenters. The summed E-state index contributed by atoms with van der Waals surface area (Å²) in [6.45, 7) is 8.57. The highest BCUT2D eigenvalue weighted by Crippen LogP contribution is 2.32. The van der Waals surface area contributed by atoms with E-state index in [2.05, 4.69) is 5.32 Å². The molecule has 0 aliphatic carbocycles. The van der Waals surface area contributed by atoms with Crippen LogP contribution >= 0.6 is 0 Å². The molecule has 0 aromatic heterocycles. The number of hydrogen-bond acceptors (Lipinski definition) is 6. The molecule has 144 valence electrons. The standard InChI is InChI=1S/C17H29NO7/c1-6-14(20)18-15-11(4)10(3)13(8-23-12(5)19)25-17(15)24-7-9(2)16(21)22/h9-11,13,15,17H,6-8H2,1-5H3,(H,18,20)(H,21,22)/t9-,10?,11?,13?,15?,17?/m0/s1. The summed E-state index contributed by atoms with van der Waals surface area (Å²) in [5.74, 6) is -2.20. The maximum atomic E-state index is 11.8. The molecule has 0 bridgehead atoms. The zero-order chi connectivity index (χ0) is 19.1. The molecule has 1 amide bonds. The maximum absolute atomic E-state index is 11.8. The molecule has 2 N–H and O–H groups in total. The third-order valence-corrected chi connectivity index (χ3v) is 4.62. The highest BCUT2D eigenvalue weighted by atomic mass is 16.7. The van der Waals surface area contributed by atoms with Gasteiger partial charge in [-0.2, -0.15) is 0 Å². The topological polar surface area (TPSA) is 111 Å². The Morgan fingerprint density at radius 1 is 1.24 bits per heavy atom. The molecule has 0 aromatic carbocycles. The Hall–Kier alpha value is -1.67. The van der Waals surface area contributed by atoms with Crippen molar-refractivity contribution in [3.8, 4) is 0 Å². The van der Waals surface area contributed by atoms with Crippen LogP contribution in [-0.4, -0.2) is 54.6 Å². The average molecular weight is 359 g/mol. The van der Waals surface area contributed by atoms with Crippen molar-refractivity contribution in [1.82, 2.24) is 5.32 Å². The highest BCUT2D eigenvalue weighted by Gasteiger charge is 2.43. The summed E-state index contributed by atoms with van der Waals surface area (Å²) in [5.41, 5.74) is 0. The lowest BCUT2D eigenvalue weighted by atomic mass is 9.82. The van der Waals surface area contributed by atoms with E-state index >= 15 is 0 Å². The van der Waals surface area contributed by atoms with Gasteiger partial charge in [-0.05, 0) is 18.8 Å². The number of carboxylic acids is 1. The van der Waals surface area contributed by atoms with Gasteiger partial charge in [0, 0.05) is 13.3 Å². The molecule has 0 saturated carbocycles. The third kappa shape index (κ3) is 6.28. The molecule has 0 radical (unpaired) electrons. The fraction of sp³-hybridized carbons (Fsp3) is 0.824. The second-order valence-electron chi connectivity index (χ2n) is 6.58. The van der Waals surface area contributed by atoms with E-state index in [1.54, 1.807) is 6.92 Å². The Bertz CT molecular complexity index is 482. The molecule has 8 nitrogen and oxygen atoms in total. The van der Waals surface area contributed by atoms with Crippen molar-refractivity contribution in [3.63, 3.8) is 0 Å². The van der Waals surface area contributed by atoms with Crippen molar-refractivity contribution in [2.45, 2.75) is 59.5 Å². The van der Waals surface area contributed by atoms with Crippen LogP contribution < -0.4 is 5.32 Å². The Morgan fingerprint density at radius 2 is 1.88 bits per heavy atom. The van der Waals surface area contributed by atoms with Crippen molar-refractivity contribution < 1.29 is 33.7 Å². The van der Waals surface area contributed by atoms with E-state index in [-0.39, 0.29) is 37.1 Å². The van der Waals surface area contributed by atoms with Crippen LogP contribution in [0.2, 0.25) is 0 Å². The quantitative estimate of drug-likeness (QED) is 0.626. The van der Waals surface area contributed by atoms with Gasteiger partial charge in [0.2, 0.25) is 5.91 Å². The molecule has 1 aliphatic rings. The fourth-order valence-corrected chi connectivity index (χ4v) is 2.63. The number of aliphatic carboxylic acids is 1. The summed E-state index contributed by atoms with van der Waals surface area (Å²) in [7, 11) is 0. The van der Waals surface area contributed by atoms with Gasteiger partial charge in [0.15, 0.2) is 6.29 Å². The van der Waals surface area contributed by atoms with E-state index in [9.17, 15) is 14.4 Å². The lowest BCUT2D eigenvalue weighted by molar-refractivity contribution is -0.247. The van der Waals surface area contributed by atoms with Gasteiger partial charge in [-0.15, -0.1) is 0 Å². The second kappa shape index (κ2) is 9.72. The first-order valence-corrected chi connectivity index (χ1v) is 8.59. The summed E-state index contributed by atoms with van der Waals surface area (Å²) in [6, 6.07) is -0.406. The number of nitrogens with one attached hydrogen (secondary N) is 1. The Balaban J connectivity index is 2.86. The lowest BCUT2D eigenvalue weighted by Crippen LogP contribution is -2.58. The number of hydrogen-bond donors (Lipinski definition) is 2. The smallest absolute Gasteiger partial charge is 0.308 e. The molecule has 1 saturated heterocycles. The van der Waals surface area contributed by atoms with Crippen LogP contribution in [0.25, 0.3) is 0 Å². The van der Waals surface area contributed by atoms with Crippen molar-refractivity contribution >= 4 is 17.8 Å². The summed E-state index contributed by atoms with van der Waals surface area (Å²) < 4.78 is 16.6. The molecular weight excluding hydrogens is 330 g/mol. The Kier molecular flexibility index (Phi) is 8.31. The van der Waals surface area contributed by atoms with Crippen LogP contribution in [0.5, 0.6) is 0 Å². The van der Waals surface area contributed by atoms with Crippen LogP contribution in [-0.2, 0) is 28.6 Å². The van der Waals surface area contributed by atoms with Gasteiger partial charge < -0.3 is 24.6 Å². The summed E-state index contributed by atoms with van der Waals surface area (Å²) >= 11 is 0. The van der Waals surface area contributed by atoms with Crippen molar-refractivity contribution in [1.29, 1.82) is 0 Å². The molecule has 0 spiro atoms. The monoisotopic (exact) mass is 359 g/mol. The van der Waals surface area contributed by atoms with Crippen LogP contribution in [0.15, 0.2) is 0 Å². The van der Waals surface area contributed by atoms with Crippen molar-refractivity contribution in [2.24, 2.45) is 17.8 Å². The zero-order valence-corrected chi connectivity index (χ0v) is 15.5. The molecule has 6 atom stereocenters. The van der Waals surface area contributed by atoms with E-state index in [0.717, 1.165) is 0 Å². The lowest BCUT2D eigenvalue weighted by Gasteiger charge is -2.44. The van der Waals surface area contributed by atoms with Crippen LogP contribution in [0.1, 0.15) is 41.0 Å². The Labute approximate surface area is 148 Å². The minimum Gasteiger partial charge on any atom is -0.481 e. The van der Waals surface area contributed by atoms with Crippen molar-refractivity contribution in [3.05, 3.63) is 0 Å². The summed E-state index contributed by atoms with van der Waals surface area (Å²) in [6.07, 6.45) is -0.866. The highest BCUT2D eigenvalue weighted by molar-refractivity contribution is 5.76. The van der Waals surface area contributed by atoms with E-state index < -0.39 is 30.2 Å². The molecule has 0 aromatic rings. The number of carboxylic acid groups (broad SMARTS) is 1. The number of carbonyl (C=O) groups excluding carboxylic acids is 2. The van der Waals surface area contributed by atoms with Gasteiger partial charge in [0.1, 0.15) is 6.61 Å². The first-order chi connectivity index (χ1) is 11.7. The molecular formula is C17H29NO7. The maximum Gasteiger partial charge on any atom is 0.308 e. The summed E-state index contributed by atoms with van der Waals surface area (Å²) in [5, 5.41) is 11.9. The largest absolute Gasteiger partial charge is 0.481 e. The minimum absolute atomic E-state index is 0.00468. The van der Waals surface area contributed by atoms with Gasteiger partial charge in [0.25, 0.3) is 0 Å². The van der Waals surface area contributed by atoms with Crippen LogP contribution in [0.4, 0.5) is 0 Å². The molecule has 1 rings (SSSR count). The zero-order valence-electron chi connectivity index (χ0n) is 15.5. The second-order valence-corrected chi connectivity index (χ2v) is 6.58. The fourth-order valence-electron chi connectivity index (χ4n) is 2.63. The van der Waals surface area contributed by atoms with Gasteiger partial charge in [-0.25, -0.2) is 0 Å². The normalized spacial score (nSPS) is 30.4. The number of amides is 1.